The molecule has 1 aromatic heterocycles. The van der Waals surface area contributed by atoms with Crippen LogP contribution in [0, 0.1) is 6.92 Å². The Balaban J connectivity index is 2.43. The second kappa shape index (κ2) is 7.36. The summed E-state index contributed by atoms with van der Waals surface area (Å²) in [5.74, 6) is 0. The molecule has 0 spiro atoms. The van der Waals surface area contributed by atoms with Gasteiger partial charge in [-0.25, -0.2) is 0 Å². The van der Waals surface area contributed by atoms with E-state index in [1.807, 2.05) is 12.4 Å². The van der Waals surface area contributed by atoms with Crippen molar-refractivity contribution in [3.63, 3.8) is 0 Å². The van der Waals surface area contributed by atoms with Crippen molar-refractivity contribution in [3.05, 3.63) is 29.6 Å². The topological polar surface area (TPSA) is 28.2 Å². The molecule has 0 aliphatic rings. The summed E-state index contributed by atoms with van der Waals surface area (Å²) < 4.78 is 0. The third-order valence-corrected chi connectivity index (χ3v) is 2.64. The molecule has 1 N–H and O–H groups in total. The van der Waals surface area contributed by atoms with Crippen LogP contribution in [0.3, 0.4) is 0 Å². The average Bonchev–Trinajstić information content (AvgIpc) is 2.28. The molecule has 3 heteroatoms. The molecule has 0 aliphatic heterocycles. The lowest BCUT2D eigenvalue weighted by atomic mass is 10.2. The molecule has 0 saturated heterocycles. The SMILES string of the molecule is CCNCCN(CC)Cc1cncc(C)c1. The molecule has 0 bridgehead atoms. The van der Waals surface area contributed by atoms with Crippen LogP contribution < -0.4 is 5.32 Å². The smallest absolute Gasteiger partial charge is 0.0313 e. The third kappa shape index (κ3) is 4.73. The monoisotopic (exact) mass is 221 g/mol. The Labute approximate surface area is 98.9 Å². The van der Waals surface area contributed by atoms with Gasteiger partial charge in [-0.05, 0) is 31.1 Å². The van der Waals surface area contributed by atoms with E-state index in [4.69, 9.17) is 0 Å². The quantitative estimate of drug-likeness (QED) is 0.712. The molecule has 0 saturated carbocycles. The van der Waals surface area contributed by atoms with Crippen molar-refractivity contribution in [2.24, 2.45) is 0 Å². The van der Waals surface area contributed by atoms with E-state index in [0.29, 0.717) is 0 Å². The lowest BCUT2D eigenvalue weighted by molar-refractivity contribution is 0.279. The van der Waals surface area contributed by atoms with Gasteiger partial charge in [0.2, 0.25) is 0 Å². The lowest BCUT2D eigenvalue weighted by Crippen LogP contribution is -2.31. The maximum Gasteiger partial charge on any atom is 0.0313 e. The van der Waals surface area contributed by atoms with Gasteiger partial charge in [0.05, 0.1) is 0 Å². The molecule has 0 radical (unpaired) electrons. The Bertz CT molecular complexity index is 299. The molecule has 1 rings (SSSR count). The number of aryl methyl sites for hydroxylation is 1. The molecule has 0 aliphatic carbocycles. The van der Waals surface area contributed by atoms with E-state index in [1.54, 1.807) is 0 Å². The zero-order chi connectivity index (χ0) is 11.8. The maximum absolute atomic E-state index is 4.23. The lowest BCUT2D eigenvalue weighted by Gasteiger charge is -2.20. The van der Waals surface area contributed by atoms with Gasteiger partial charge in [0.25, 0.3) is 0 Å². The first-order valence-electron chi connectivity index (χ1n) is 6.09. The first-order valence-corrected chi connectivity index (χ1v) is 6.09. The number of hydrogen-bond acceptors (Lipinski definition) is 3. The van der Waals surface area contributed by atoms with Crippen LogP contribution in [0.4, 0.5) is 0 Å². The van der Waals surface area contributed by atoms with Crippen LogP contribution in [0.2, 0.25) is 0 Å². The van der Waals surface area contributed by atoms with Gasteiger partial charge in [0.15, 0.2) is 0 Å². The van der Waals surface area contributed by atoms with E-state index >= 15 is 0 Å². The summed E-state index contributed by atoms with van der Waals surface area (Å²) >= 11 is 0. The summed E-state index contributed by atoms with van der Waals surface area (Å²) in [5.41, 5.74) is 2.54. The number of rotatable bonds is 7. The van der Waals surface area contributed by atoms with Crippen LogP contribution in [0.1, 0.15) is 25.0 Å². The van der Waals surface area contributed by atoms with E-state index in [-0.39, 0.29) is 0 Å². The van der Waals surface area contributed by atoms with Gasteiger partial charge in [0, 0.05) is 32.0 Å². The van der Waals surface area contributed by atoms with E-state index in [1.165, 1.54) is 11.1 Å². The van der Waals surface area contributed by atoms with Crippen LogP contribution >= 0.6 is 0 Å². The van der Waals surface area contributed by atoms with E-state index in [9.17, 15) is 0 Å². The van der Waals surface area contributed by atoms with Gasteiger partial charge < -0.3 is 5.32 Å². The standard InChI is InChI=1S/C13H23N3/c1-4-14-6-7-16(5-2)11-13-8-12(3)9-15-10-13/h8-10,14H,4-7,11H2,1-3H3. The second-order valence-corrected chi connectivity index (χ2v) is 4.09. The fourth-order valence-electron chi connectivity index (χ4n) is 1.73. The molecule has 0 atom stereocenters. The predicted octanol–water partition coefficient (Wildman–Crippen LogP) is 1.82. The first kappa shape index (κ1) is 13.1. The summed E-state index contributed by atoms with van der Waals surface area (Å²) in [5, 5.41) is 3.35. The summed E-state index contributed by atoms with van der Waals surface area (Å²) in [7, 11) is 0. The molecule has 90 valence electrons. The van der Waals surface area contributed by atoms with Gasteiger partial charge in [0.1, 0.15) is 0 Å². The largest absolute Gasteiger partial charge is 0.316 e. The van der Waals surface area contributed by atoms with E-state index in [2.05, 4.69) is 42.0 Å². The number of likely N-dealkylation sites (N-methyl/N-ethyl adjacent to an activating group) is 2. The minimum absolute atomic E-state index is 0.997. The minimum Gasteiger partial charge on any atom is -0.316 e. The molecule has 0 unspecified atom stereocenters. The maximum atomic E-state index is 4.23. The van der Waals surface area contributed by atoms with Crippen molar-refractivity contribution in [2.45, 2.75) is 27.3 Å². The molecule has 0 fully saturated rings. The van der Waals surface area contributed by atoms with Crippen molar-refractivity contribution in [1.82, 2.24) is 15.2 Å². The Kier molecular flexibility index (Phi) is 6.04. The van der Waals surface area contributed by atoms with Crippen molar-refractivity contribution in [1.29, 1.82) is 0 Å². The minimum atomic E-state index is 0.997. The van der Waals surface area contributed by atoms with E-state index in [0.717, 1.165) is 32.7 Å². The molecule has 16 heavy (non-hydrogen) atoms. The highest BCUT2D eigenvalue weighted by Crippen LogP contribution is 2.05. The van der Waals surface area contributed by atoms with Gasteiger partial charge in [-0.1, -0.05) is 19.9 Å². The van der Waals surface area contributed by atoms with Gasteiger partial charge >= 0.3 is 0 Å². The van der Waals surface area contributed by atoms with Crippen LogP contribution in [0.5, 0.6) is 0 Å². The summed E-state index contributed by atoms with van der Waals surface area (Å²) in [6.07, 6.45) is 3.86. The van der Waals surface area contributed by atoms with E-state index < -0.39 is 0 Å². The van der Waals surface area contributed by atoms with Gasteiger partial charge in [-0.3, -0.25) is 9.88 Å². The normalized spacial score (nSPS) is 11.0. The molecule has 1 aromatic rings. The summed E-state index contributed by atoms with van der Waals surface area (Å²) in [4.78, 5) is 6.66. The molecule has 1 heterocycles. The fraction of sp³-hybridized carbons (Fsp3) is 0.615. The van der Waals surface area contributed by atoms with Crippen molar-refractivity contribution in [2.75, 3.05) is 26.2 Å². The van der Waals surface area contributed by atoms with Crippen molar-refractivity contribution >= 4 is 0 Å². The second-order valence-electron chi connectivity index (χ2n) is 4.09. The fourth-order valence-corrected chi connectivity index (χ4v) is 1.73. The number of pyridine rings is 1. The number of hydrogen-bond donors (Lipinski definition) is 1. The highest BCUT2D eigenvalue weighted by atomic mass is 15.1. The Morgan fingerprint density at radius 3 is 2.75 bits per heavy atom. The summed E-state index contributed by atoms with van der Waals surface area (Å²) in [6, 6.07) is 2.21. The highest BCUT2D eigenvalue weighted by molar-refractivity contribution is 5.16. The zero-order valence-corrected chi connectivity index (χ0v) is 10.7. The van der Waals surface area contributed by atoms with Crippen LogP contribution in [-0.2, 0) is 6.54 Å². The van der Waals surface area contributed by atoms with Gasteiger partial charge in [-0.15, -0.1) is 0 Å². The molecule has 3 nitrogen and oxygen atoms in total. The Morgan fingerprint density at radius 1 is 1.31 bits per heavy atom. The predicted molar refractivity (Wildman–Crippen MR) is 68.5 cm³/mol. The van der Waals surface area contributed by atoms with Crippen LogP contribution in [0.15, 0.2) is 18.5 Å². The average molecular weight is 221 g/mol. The molecular formula is C13H23N3. The van der Waals surface area contributed by atoms with Crippen LogP contribution in [0.25, 0.3) is 0 Å². The van der Waals surface area contributed by atoms with Gasteiger partial charge in [-0.2, -0.15) is 0 Å². The first-order chi connectivity index (χ1) is 7.76. The zero-order valence-electron chi connectivity index (χ0n) is 10.7. The van der Waals surface area contributed by atoms with Crippen molar-refractivity contribution < 1.29 is 0 Å². The van der Waals surface area contributed by atoms with Crippen molar-refractivity contribution in [3.8, 4) is 0 Å². The Hall–Kier alpha value is -0.930. The number of aromatic nitrogens is 1. The van der Waals surface area contributed by atoms with Crippen LogP contribution in [-0.4, -0.2) is 36.1 Å². The third-order valence-electron chi connectivity index (χ3n) is 2.64. The molecule has 0 amide bonds. The summed E-state index contributed by atoms with van der Waals surface area (Å²) in [6.45, 7) is 11.7. The number of nitrogens with one attached hydrogen (secondary N) is 1. The Morgan fingerprint density at radius 2 is 2.12 bits per heavy atom. The highest BCUT2D eigenvalue weighted by Gasteiger charge is 2.03. The molecule has 0 aromatic carbocycles. The number of nitrogens with zero attached hydrogens (tertiary/aromatic N) is 2. The molecular weight excluding hydrogens is 198 g/mol.